The van der Waals surface area contributed by atoms with Crippen LogP contribution in [0.25, 0.3) is 10.9 Å². The molecule has 0 saturated carbocycles. The number of aromatic nitrogens is 1. The predicted molar refractivity (Wildman–Crippen MR) is 105 cm³/mol. The van der Waals surface area contributed by atoms with Gasteiger partial charge in [-0.15, -0.1) is 0 Å². The Balaban J connectivity index is 2.21. The van der Waals surface area contributed by atoms with Crippen LogP contribution in [0.5, 0.6) is 5.75 Å². The number of aryl methyl sites for hydroxylation is 1. The van der Waals surface area contributed by atoms with Crippen molar-refractivity contribution in [1.29, 1.82) is 5.26 Å². The van der Waals surface area contributed by atoms with Gasteiger partial charge in [-0.1, -0.05) is 13.8 Å². The summed E-state index contributed by atoms with van der Waals surface area (Å²) >= 11 is 0. The lowest BCUT2D eigenvalue weighted by atomic mass is 9.90. The second-order valence-electron chi connectivity index (χ2n) is 7.19. The van der Waals surface area contributed by atoms with Crippen molar-refractivity contribution < 1.29 is 19.1 Å². The monoisotopic (exact) mass is 383 g/mol. The number of carbonyl (C=O) groups is 2. The van der Waals surface area contributed by atoms with E-state index in [1.54, 1.807) is 45.2 Å². The fourth-order valence-electron chi connectivity index (χ4n) is 2.52. The van der Waals surface area contributed by atoms with Crippen LogP contribution in [0.15, 0.2) is 24.3 Å². The molecule has 1 amide bonds. The van der Waals surface area contributed by atoms with Gasteiger partial charge in [-0.2, -0.15) is 5.26 Å². The van der Waals surface area contributed by atoms with Gasteiger partial charge in [0.1, 0.15) is 11.3 Å². The summed E-state index contributed by atoms with van der Waals surface area (Å²) in [6.45, 7) is 8.47. The number of nitriles is 1. The van der Waals surface area contributed by atoms with Crippen LogP contribution in [-0.2, 0) is 9.53 Å². The molecule has 7 heteroatoms. The maximum absolute atomic E-state index is 12.6. The number of amides is 1. The second kappa shape index (κ2) is 8.26. The number of hydrogen-bond donors (Lipinski definition) is 1. The lowest BCUT2D eigenvalue weighted by Crippen LogP contribution is -2.52. The topological polar surface area (TPSA) is 101 Å². The largest absolute Gasteiger partial charge is 0.497 e. The highest BCUT2D eigenvalue weighted by molar-refractivity contribution is 5.97. The van der Waals surface area contributed by atoms with E-state index in [2.05, 4.69) is 16.4 Å². The van der Waals surface area contributed by atoms with Gasteiger partial charge in [-0.25, -0.2) is 4.79 Å². The lowest BCUT2D eigenvalue weighted by molar-refractivity contribution is -0.130. The van der Waals surface area contributed by atoms with Crippen LogP contribution in [0.2, 0.25) is 0 Å². The van der Waals surface area contributed by atoms with Gasteiger partial charge in [-0.05, 0) is 51.0 Å². The standard InChI is InChI=1S/C21H25N3O4/c1-12(2)21(5,11-22)24-19(25)14(4)28-20(26)17-10-15-9-16(27-6)7-8-18(15)23-13(17)3/h7-10,12,14H,1-6H3,(H,24,25). The summed E-state index contributed by atoms with van der Waals surface area (Å²) in [4.78, 5) is 29.4. The number of benzene rings is 1. The average Bonchev–Trinajstić information content (AvgIpc) is 2.66. The molecule has 1 heterocycles. The highest BCUT2D eigenvalue weighted by Crippen LogP contribution is 2.23. The van der Waals surface area contributed by atoms with Crippen molar-refractivity contribution in [2.24, 2.45) is 5.92 Å². The molecule has 1 aromatic carbocycles. The number of carbonyl (C=O) groups excluding carboxylic acids is 2. The lowest BCUT2D eigenvalue weighted by Gasteiger charge is -2.28. The summed E-state index contributed by atoms with van der Waals surface area (Å²) in [6.07, 6.45) is -1.06. The van der Waals surface area contributed by atoms with E-state index in [0.29, 0.717) is 11.4 Å². The van der Waals surface area contributed by atoms with Crippen molar-refractivity contribution in [2.45, 2.75) is 46.3 Å². The summed E-state index contributed by atoms with van der Waals surface area (Å²) in [5.74, 6) is -0.638. The van der Waals surface area contributed by atoms with Crippen LogP contribution in [0.1, 0.15) is 43.7 Å². The van der Waals surface area contributed by atoms with E-state index in [9.17, 15) is 14.9 Å². The molecular formula is C21H25N3O4. The number of fused-ring (bicyclic) bond motifs is 1. The van der Waals surface area contributed by atoms with Crippen LogP contribution >= 0.6 is 0 Å². The van der Waals surface area contributed by atoms with Crippen molar-refractivity contribution in [3.05, 3.63) is 35.5 Å². The van der Waals surface area contributed by atoms with Gasteiger partial charge in [-0.3, -0.25) is 9.78 Å². The highest BCUT2D eigenvalue weighted by atomic mass is 16.5. The molecule has 7 nitrogen and oxygen atoms in total. The van der Waals surface area contributed by atoms with Gasteiger partial charge in [0.2, 0.25) is 0 Å². The number of nitrogens with one attached hydrogen (secondary N) is 1. The van der Waals surface area contributed by atoms with Crippen molar-refractivity contribution in [3.8, 4) is 11.8 Å². The van der Waals surface area contributed by atoms with Gasteiger partial charge < -0.3 is 14.8 Å². The molecule has 0 aliphatic heterocycles. The Kier molecular flexibility index (Phi) is 6.24. The Morgan fingerprint density at radius 2 is 1.93 bits per heavy atom. The molecule has 2 rings (SSSR count). The third kappa shape index (κ3) is 4.39. The van der Waals surface area contributed by atoms with Gasteiger partial charge >= 0.3 is 5.97 Å². The Morgan fingerprint density at radius 1 is 1.25 bits per heavy atom. The van der Waals surface area contributed by atoms with E-state index in [1.165, 1.54) is 6.92 Å². The van der Waals surface area contributed by atoms with E-state index in [-0.39, 0.29) is 11.5 Å². The Bertz CT molecular complexity index is 949. The molecule has 0 aliphatic rings. The third-order valence-corrected chi connectivity index (χ3v) is 4.86. The molecule has 2 atom stereocenters. The number of methoxy groups -OCH3 is 1. The fourth-order valence-corrected chi connectivity index (χ4v) is 2.52. The summed E-state index contributed by atoms with van der Waals surface area (Å²) in [5.41, 5.74) is 0.448. The molecule has 28 heavy (non-hydrogen) atoms. The number of ether oxygens (including phenoxy) is 2. The minimum atomic E-state index is -1.06. The Labute approximate surface area is 164 Å². The Hall–Kier alpha value is -3.14. The van der Waals surface area contributed by atoms with Crippen LogP contribution in [0, 0.1) is 24.2 Å². The molecule has 0 fully saturated rings. The zero-order valence-corrected chi connectivity index (χ0v) is 17.0. The van der Waals surface area contributed by atoms with Gasteiger partial charge in [0, 0.05) is 5.39 Å². The highest BCUT2D eigenvalue weighted by Gasteiger charge is 2.32. The molecule has 2 aromatic rings. The molecule has 1 N–H and O–H groups in total. The number of hydrogen-bond acceptors (Lipinski definition) is 6. The van der Waals surface area contributed by atoms with E-state index in [0.717, 1.165) is 10.9 Å². The molecule has 0 spiro atoms. The van der Waals surface area contributed by atoms with Crippen molar-refractivity contribution in [3.63, 3.8) is 0 Å². The SMILES string of the molecule is COc1ccc2nc(C)c(C(=O)OC(C)C(=O)NC(C)(C#N)C(C)C)cc2c1. The van der Waals surface area contributed by atoms with Crippen LogP contribution in [0.3, 0.4) is 0 Å². The average molecular weight is 383 g/mol. The first-order chi connectivity index (χ1) is 13.1. The molecule has 0 radical (unpaired) electrons. The molecule has 148 valence electrons. The minimum absolute atomic E-state index is 0.105. The Morgan fingerprint density at radius 3 is 2.50 bits per heavy atom. The van der Waals surface area contributed by atoms with Crippen molar-refractivity contribution in [2.75, 3.05) is 7.11 Å². The molecule has 2 unspecified atom stereocenters. The number of pyridine rings is 1. The van der Waals surface area contributed by atoms with E-state index in [4.69, 9.17) is 9.47 Å². The third-order valence-electron chi connectivity index (χ3n) is 4.86. The van der Waals surface area contributed by atoms with E-state index < -0.39 is 23.5 Å². The van der Waals surface area contributed by atoms with E-state index in [1.807, 2.05) is 13.8 Å². The zero-order valence-electron chi connectivity index (χ0n) is 17.0. The summed E-state index contributed by atoms with van der Waals surface area (Å²) < 4.78 is 10.5. The molecule has 0 bridgehead atoms. The maximum Gasteiger partial charge on any atom is 0.340 e. The van der Waals surface area contributed by atoms with Crippen molar-refractivity contribution >= 4 is 22.8 Å². The predicted octanol–water partition coefficient (Wildman–Crippen LogP) is 3.15. The summed E-state index contributed by atoms with van der Waals surface area (Å²) in [6, 6.07) is 9.13. The van der Waals surface area contributed by atoms with Gasteiger partial charge in [0.05, 0.1) is 30.0 Å². The first-order valence-corrected chi connectivity index (χ1v) is 9.01. The van der Waals surface area contributed by atoms with E-state index >= 15 is 0 Å². The number of nitrogens with zero attached hydrogens (tertiary/aromatic N) is 2. The normalized spacial score (nSPS) is 14.1. The van der Waals surface area contributed by atoms with Crippen molar-refractivity contribution in [1.82, 2.24) is 10.3 Å². The summed E-state index contributed by atoms with van der Waals surface area (Å²) in [7, 11) is 1.56. The fraction of sp³-hybridized carbons (Fsp3) is 0.429. The second-order valence-corrected chi connectivity index (χ2v) is 7.19. The van der Waals surface area contributed by atoms with Gasteiger partial charge in [0.25, 0.3) is 5.91 Å². The van der Waals surface area contributed by atoms with Gasteiger partial charge in [0.15, 0.2) is 6.10 Å². The molecule has 1 aromatic heterocycles. The molecule has 0 aliphatic carbocycles. The van der Waals surface area contributed by atoms with Crippen LogP contribution in [0.4, 0.5) is 0 Å². The van der Waals surface area contributed by atoms with Crippen LogP contribution < -0.4 is 10.1 Å². The molecule has 0 saturated heterocycles. The maximum atomic E-state index is 12.6. The number of esters is 1. The minimum Gasteiger partial charge on any atom is -0.497 e. The summed E-state index contributed by atoms with van der Waals surface area (Å²) in [5, 5.41) is 12.7. The zero-order chi connectivity index (χ0) is 21.1. The smallest absolute Gasteiger partial charge is 0.340 e. The van der Waals surface area contributed by atoms with Crippen LogP contribution in [-0.4, -0.2) is 35.6 Å². The number of rotatable bonds is 6. The quantitative estimate of drug-likeness (QED) is 0.769. The first-order valence-electron chi connectivity index (χ1n) is 9.01. The molecular weight excluding hydrogens is 358 g/mol. The first kappa shape index (κ1) is 21.2.